The molecule has 0 radical (unpaired) electrons. The van der Waals surface area contributed by atoms with Crippen LogP contribution in [0, 0.1) is 0 Å². The maximum Gasteiger partial charge on any atom is 0.338 e. The molecule has 224 valence electrons. The van der Waals surface area contributed by atoms with Gasteiger partial charge in [-0.3, -0.25) is 0 Å². The third kappa shape index (κ3) is 7.34. The van der Waals surface area contributed by atoms with E-state index in [1.165, 1.54) is 48.5 Å². The first-order valence-electron chi connectivity index (χ1n) is 13.7. The number of benzene rings is 4. The minimum atomic E-state index is -2.36. The lowest BCUT2D eigenvalue weighted by Crippen LogP contribution is -2.61. The molecule has 0 saturated carbocycles. The molecule has 0 aliphatic carbocycles. The Bertz CT molecular complexity index is 1570. The van der Waals surface area contributed by atoms with Crippen LogP contribution >= 0.6 is 0 Å². The Hall–Kier alpha value is -5.35. The van der Waals surface area contributed by atoms with Crippen molar-refractivity contribution in [1.29, 1.82) is 0 Å². The largest absolute Gasteiger partial charge is 0.459 e. The van der Waals surface area contributed by atoms with Crippen molar-refractivity contribution in [1.82, 2.24) is 0 Å². The van der Waals surface area contributed by atoms with E-state index in [2.05, 4.69) is 0 Å². The van der Waals surface area contributed by atoms with E-state index < -0.39 is 61.3 Å². The first-order chi connectivity index (χ1) is 21.4. The number of carbonyl (C=O) groups excluding carboxylic acids is 4. The molecule has 1 saturated heterocycles. The van der Waals surface area contributed by atoms with Crippen molar-refractivity contribution in [3.8, 4) is 0 Å². The Morgan fingerprint density at radius 1 is 0.500 bits per heavy atom. The molecule has 1 heterocycles. The van der Waals surface area contributed by atoms with Crippen LogP contribution in [0.2, 0.25) is 0 Å². The molecule has 1 fully saturated rings. The highest BCUT2D eigenvalue weighted by Crippen LogP contribution is 2.31. The van der Waals surface area contributed by atoms with Crippen LogP contribution in [-0.4, -0.2) is 61.3 Å². The molecule has 1 aliphatic heterocycles. The average molecular weight is 599 g/mol. The summed E-state index contributed by atoms with van der Waals surface area (Å²) >= 11 is 0. The quantitative estimate of drug-likeness (QED) is 0.189. The number of halogens is 1. The van der Waals surface area contributed by atoms with Gasteiger partial charge in [0, 0.05) is 0 Å². The van der Waals surface area contributed by atoms with Gasteiger partial charge in [0.05, 0.1) is 22.3 Å². The van der Waals surface area contributed by atoms with E-state index in [4.69, 9.17) is 23.7 Å². The molecule has 0 N–H and O–H groups in total. The predicted molar refractivity (Wildman–Crippen MR) is 153 cm³/mol. The molecule has 44 heavy (non-hydrogen) atoms. The van der Waals surface area contributed by atoms with Crippen molar-refractivity contribution < 1.29 is 47.3 Å². The number of carbonyl (C=O) groups is 4. The minimum Gasteiger partial charge on any atom is -0.459 e. The summed E-state index contributed by atoms with van der Waals surface area (Å²) in [4.78, 5) is 52.1. The van der Waals surface area contributed by atoms with Crippen molar-refractivity contribution >= 4 is 23.9 Å². The normalized spacial score (nSPS) is 21.0. The lowest BCUT2D eigenvalue weighted by molar-refractivity contribution is -0.261. The van der Waals surface area contributed by atoms with Gasteiger partial charge in [-0.05, 0) is 48.5 Å². The summed E-state index contributed by atoms with van der Waals surface area (Å²) < 4.78 is 43.6. The van der Waals surface area contributed by atoms with Crippen molar-refractivity contribution in [2.24, 2.45) is 0 Å². The summed E-state index contributed by atoms with van der Waals surface area (Å²) in [5.74, 6) is -3.42. The van der Waals surface area contributed by atoms with E-state index in [1.54, 1.807) is 72.8 Å². The van der Waals surface area contributed by atoms with Gasteiger partial charge in [0.2, 0.25) is 6.36 Å². The summed E-state index contributed by atoms with van der Waals surface area (Å²) in [7, 11) is 0. The summed E-state index contributed by atoms with van der Waals surface area (Å²) in [5, 5.41) is 0. The van der Waals surface area contributed by atoms with E-state index in [1.807, 2.05) is 0 Å². The number of hydrogen-bond donors (Lipinski definition) is 0. The highest BCUT2D eigenvalue weighted by molar-refractivity contribution is 5.91. The predicted octanol–water partition coefficient (Wildman–Crippen LogP) is 5.21. The Balaban J connectivity index is 1.48. The Morgan fingerprint density at radius 2 is 0.841 bits per heavy atom. The highest BCUT2D eigenvalue weighted by atomic mass is 19.1. The number of esters is 4. The summed E-state index contributed by atoms with van der Waals surface area (Å²) in [6.45, 7) is -0.584. The molecule has 10 heteroatoms. The topological polar surface area (TPSA) is 114 Å². The monoisotopic (exact) mass is 598 g/mol. The third-order valence-corrected chi connectivity index (χ3v) is 6.72. The fourth-order valence-corrected chi connectivity index (χ4v) is 4.51. The standard InChI is InChI=1S/C34H27FO9/c35-30-29(44-34(39)25-19-11-4-12-20-25)28(43-33(38)24-17-9-3-10-18-24)27(42-32(37)23-15-7-2-8-16-23)26(41-30)21-40-31(36)22-13-5-1-6-14-22/h1-20,26-30H,21H2/t26-,27-,28+,29-,30?/m1/s1. The molecule has 5 atom stereocenters. The minimum absolute atomic E-state index is 0.101. The van der Waals surface area contributed by atoms with Gasteiger partial charge in [0.1, 0.15) is 12.7 Å². The van der Waals surface area contributed by atoms with Gasteiger partial charge in [0.25, 0.3) is 0 Å². The fraction of sp³-hybridized carbons (Fsp3) is 0.176. The molecule has 0 amide bonds. The Labute approximate surface area is 252 Å². The van der Waals surface area contributed by atoms with Crippen LogP contribution in [0.25, 0.3) is 0 Å². The van der Waals surface area contributed by atoms with Gasteiger partial charge in [-0.1, -0.05) is 72.8 Å². The molecule has 4 aromatic rings. The number of rotatable bonds is 9. The highest BCUT2D eigenvalue weighted by Gasteiger charge is 2.53. The lowest BCUT2D eigenvalue weighted by Gasteiger charge is -2.42. The maximum absolute atomic E-state index is 15.8. The average Bonchev–Trinajstić information content (AvgIpc) is 3.07. The lowest BCUT2D eigenvalue weighted by atomic mass is 9.98. The van der Waals surface area contributed by atoms with Gasteiger partial charge < -0.3 is 23.7 Å². The maximum atomic E-state index is 15.8. The second kappa shape index (κ2) is 14.2. The van der Waals surface area contributed by atoms with E-state index >= 15 is 4.39 Å². The number of alkyl halides is 1. The molecular formula is C34H27FO9. The third-order valence-electron chi connectivity index (χ3n) is 6.72. The zero-order valence-electron chi connectivity index (χ0n) is 23.2. The fourth-order valence-electron chi connectivity index (χ4n) is 4.51. The SMILES string of the molecule is O=C(OC[C@H]1OC(F)[C@H](OC(=O)c2ccccc2)[C@@H](OC(=O)c2ccccc2)[C@@H]1OC(=O)c1ccccc1)c1ccccc1. The molecule has 5 rings (SSSR count). The number of ether oxygens (including phenoxy) is 5. The van der Waals surface area contributed by atoms with Crippen LogP contribution in [0.1, 0.15) is 41.4 Å². The van der Waals surface area contributed by atoms with Gasteiger partial charge in [-0.15, -0.1) is 0 Å². The zero-order chi connectivity index (χ0) is 30.9. The van der Waals surface area contributed by atoms with Crippen LogP contribution in [0.4, 0.5) is 4.39 Å². The first-order valence-corrected chi connectivity index (χ1v) is 13.7. The summed E-state index contributed by atoms with van der Waals surface area (Å²) in [5.41, 5.74) is 0.577. The molecule has 4 aromatic carbocycles. The van der Waals surface area contributed by atoms with Gasteiger partial charge in [-0.25, -0.2) is 23.6 Å². The molecule has 0 spiro atoms. The molecular weight excluding hydrogens is 571 g/mol. The van der Waals surface area contributed by atoms with Gasteiger partial charge in [0.15, 0.2) is 18.3 Å². The smallest absolute Gasteiger partial charge is 0.338 e. The van der Waals surface area contributed by atoms with Crippen molar-refractivity contribution in [2.45, 2.75) is 30.8 Å². The Kier molecular flexibility index (Phi) is 9.73. The van der Waals surface area contributed by atoms with Crippen LogP contribution in [0.5, 0.6) is 0 Å². The van der Waals surface area contributed by atoms with Gasteiger partial charge in [-0.2, -0.15) is 0 Å². The second-order valence-corrected chi connectivity index (χ2v) is 9.70. The van der Waals surface area contributed by atoms with Crippen molar-refractivity contribution in [3.05, 3.63) is 144 Å². The van der Waals surface area contributed by atoms with E-state index in [0.29, 0.717) is 0 Å². The molecule has 0 bridgehead atoms. The van der Waals surface area contributed by atoms with Crippen molar-refractivity contribution in [3.63, 3.8) is 0 Å². The molecule has 1 unspecified atom stereocenters. The first kappa shape index (κ1) is 30.1. The van der Waals surface area contributed by atoms with Crippen LogP contribution in [0.15, 0.2) is 121 Å². The number of hydrogen-bond acceptors (Lipinski definition) is 9. The molecule has 1 aliphatic rings. The van der Waals surface area contributed by atoms with Crippen LogP contribution in [0.3, 0.4) is 0 Å². The van der Waals surface area contributed by atoms with Gasteiger partial charge >= 0.3 is 23.9 Å². The van der Waals surface area contributed by atoms with Crippen LogP contribution < -0.4 is 0 Å². The Morgan fingerprint density at radius 3 is 1.25 bits per heavy atom. The van der Waals surface area contributed by atoms with Crippen LogP contribution in [-0.2, 0) is 23.7 Å². The van der Waals surface area contributed by atoms with E-state index in [0.717, 1.165) is 0 Å². The summed E-state index contributed by atoms with van der Waals surface area (Å²) in [6.07, 6.45) is -8.94. The zero-order valence-corrected chi connectivity index (χ0v) is 23.2. The van der Waals surface area contributed by atoms with E-state index in [9.17, 15) is 19.2 Å². The second-order valence-electron chi connectivity index (χ2n) is 9.70. The molecule has 0 aromatic heterocycles. The summed E-state index contributed by atoms with van der Waals surface area (Å²) in [6, 6.07) is 31.6. The molecule has 9 nitrogen and oxygen atoms in total. The van der Waals surface area contributed by atoms with Crippen molar-refractivity contribution in [2.75, 3.05) is 6.61 Å². The van der Waals surface area contributed by atoms with E-state index in [-0.39, 0.29) is 22.3 Å².